The highest BCUT2D eigenvalue weighted by molar-refractivity contribution is 7.86. The van der Waals surface area contributed by atoms with Crippen molar-refractivity contribution in [3.05, 3.63) is 72.8 Å². The standard InChI is InChI=1S/C22H18N2O8S2/c23-15-1-5-17(6-2-15)31-19-9-13-10-20(32-18-7-3-16(24)4-8-18)22(34(28,29)30)12-14(13)11-21(19)33(25,26)27/h1-12H,23-24H2,(H,25,26,27)(H,28,29,30). The molecule has 176 valence electrons. The number of ether oxygens (including phenoxy) is 2. The summed E-state index contributed by atoms with van der Waals surface area (Å²) < 4.78 is 78.8. The van der Waals surface area contributed by atoms with Gasteiger partial charge < -0.3 is 20.9 Å². The maximum absolute atomic E-state index is 12.0. The maximum Gasteiger partial charge on any atom is 0.298 e. The second kappa shape index (κ2) is 8.50. The van der Waals surface area contributed by atoms with Crippen LogP contribution in [0.15, 0.2) is 82.6 Å². The quantitative estimate of drug-likeness (QED) is 0.222. The van der Waals surface area contributed by atoms with Crippen LogP contribution in [-0.4, -0.2) is 25.9 Å². The van der Waals surface area contributed by atoms with Gasteiger partial charge in [0.2, 0.25) is 0 Å². The minimum absolute atomic E-state index is 0.0783. The van der Waals surface area contributed by atoms with Crippen LogP contribution >= 0.6 is 0 Å². The van der Waals surface area contributed by atoms with Crippen molar-refractivity contribution in [2.45, 2.75) is 9.79 Å². The molecule has 0 radical (unpaired) electrons. The van der Waals surface area contributed by atoms with E-state index < -0.39 is 30.0 Å². The summed E-state index contributed by atoms with van der Waals surface area (Å²) in [5, 5.41) is 0.380. The molecular formula is C22H18N2O8S2. The average molecular weight is 503 g/mol. The summed E-state index contributed by atoms with van der Waals surface area (Å²) in [7, 11) is -9.54. The van der Waals surface area contributed by atoms with Crippen LogP contribution < -0.4 is 20.9 Å². The first-order chi connectivity index (χ1) is 15.9. The van der Waals surface area contributed by atoms with Gasteiger partial charge in [0.25, 0.3) is 20.2 Å². The molecule has 0 aliphatic rings. The molecule has 0 aliphatic carbocycles. The topological polar surface area (TPSA) is 179 Å². The zero-order valence-corrected chi connectivity index (χ0v) is 18.9. The summed E-state index contributed by atoms with van der Waals surface area (Å²) in [6.45, 7) is 0. The van der Waals surface area contributed by atoms with Gasteiger partial charge in [-0.1, -0.05) is 0 Å². The van der Waals surface area contributed by atoms with E-state index in [1.807, 2.05) is 0 Å². The van der Waals surface area contributed by atoms with Gasteiger partial charge >= 0.3 is 0 Å². The molecule has 0 unspecified atom stereocenters. The van der Waals surface area contributed by atoms with Gasteiger partial charge in [-0.2, -0.15) is 16.8 Å². The fraction of sp³-hybridized carbons (Fsp3) is 0. The zero-order valence-electron chi connectivity index (χ0n) is 17.2. The number of hydrogen-bond donors (Lipinski definition) is 4. The van der Waals surface area contributed by atoms with Gasteiger partial charge in [-0.15, -0.1) is 0 Å². The molecule has 4 aromatic carbocycles. The predicted octanol–water partition coefficient (Wildman–Crippen LogP) is 4.08. The lowest BCUT2D eigenvalue weighted by molar-refractivity contribution is 0.450. The van der Waals surface area contributed by atoms with Crippen molar-refractivity contribution >= 4 is 42.4 Å². The van der Waals surface area contributed by atoms with E-state index in [0.717, 1.165) is 12.1 Å². The van der Waals surface area contributed by atoms with E-state index in [-0.39, 0.29) is 28.4 Å². The zero-order chi connectivity index (χ0) is 24.7. The van der Waals surface area contributed by atoms with Gasteiger partial charge in [0.1, 0.15) is 32.8 Å². The Balaban J connectivity index is 1.91. The first kappa shape index (κ1) is 23.3. The number of anilines is 2. The first-order valence-corrected chi connectivity index (χ1v) is 12.4. The number of nitrogen functional groups attached to an aromatic ring is 2. The van der Waals surface area contributed by atoms with Crippen LogP contribution in [-0.2, 0) is 20.2 Å². The number of rotatable bonds is 6. The number of hydrogen-bond acceptors (Lipinski definition) is 8. The highest BCUT2D eigenvalue weighted by Crippen LogP contribution is 2.38. The summed E-state index contributed by atoms with van der Waals surface area (Å²) in [5.41, 5.74) is 12.2. The molecule has 0 saturated heterocycles. The van der Waals surface area contributed by atoms with E-state index in [1.165, 1.54) is 36.4 Å². The fourth-order valence-electron chi connectivity index (χ4n) is 3.15. The van der Waals surface area contributed by atoms with Gasteiger partial charge in [-0.25, -0.2) is 0 Å². The smallest absolute Gasteiger partial charge is 0.298 e. The third-order valence-electron chi connectivity index (χ3n) is 4.74. The Morgan fingerprint density at radius 1 is 0.559 bits per heavy atom. The lowest BCUT2D eigenvalue weighted by Gasteiger charge is -2.14. The van der Waals surface area contributed by atoms with Gasteiger partial charge in [0, 0.05) is 11.4 Å². The number of fused-ring (bicyclic) bond motifs is 1. The molecule has 0 spiro atoms. The van der Waals surface area contributed by atoms with Crippen LogP contribution in [0.4, 0.5) is 11.4 Å². The Hall–Kier alpha value is -3.84. The van der Waals surface area contributed by atoms with Gasteiger partial charge in [0.15, 0.2) is 0 Å². The second-order valence-corrected chi connectivity index (χ2v) is 10.0. The van der Waals surface area contributed by atoms with Gasteiger partial charge in [-0.3, -0.25) is 9.11 Å². The summed E-state index contributed by atoms with van der Waals surface area (Å²) in [6, 6.07) is 16.8. The molecule has 10 nitrogen and oxygen atoms in total. The molecule has 0 aromatic heterocycles. The van der Waals surface area contributed by atoms with Crippen molar-refractivity contribution in [1.82, 2.24) is 0 Å². The molecule has 0 aliphatic heterocycles. The van der Waals surface area contributed by atoms with E-state index in [9.17, 15) is 25.9 Å². The van der Waals surface area contributed by atoms with Crippen LogP contribution in [0.3, 0.4) is 0 Å². The minimum Gasteiger partial charge on any atom is -0.456 e. The van der Waals surface area contributed by atoms with Crippen LogP contribution in [0.25, 0.3) is 10.8 Å². The van der Waals surface area contributed by atoms with Crippen molar-refractivity contribution in [1.29, 1.82) is 0 Å². The second-order valence-electron chi connectivity index (χ2n) is 7.24. The maximum atomic E-state index is 12.0. The summed E-state index contributed by atoms with van der Waals surface area (Å²) in [4.78, 5) is -1.21. The van der Waals surface area contributed by atoms with E-state index in [4.69, 9.17) is 20.9 Å². The van der Waals surface area contributed by atoms with E-state index >= 15 is 0 Å². The Morgan fingerprint density at radius 2 is 0.882 bits per heavy atom. The third kappa shape index (κ3) is 5.05. The number of nitrogens with two attached hydrogens (primary N) is 2. The Kier molecular flexibility index (Phi) is 5.83. The van der Waals surface area contributed by atoms with Crippen molar-refractivity contribution in [3.8, 4) is 23.0 Å². The highest BCUT2D eigenvalue weighted by atomic mass is 32.2. The molecule has 4 aromatic rings. The average Bonchev–Trinajstić information content (AvgIpc) is 2.74. The molecule has 0 amide bonds. The van der Waals surface area contributed by atoms with E-state index in [2.05, 4.69) is 0 Å². The summed E-state index contributed by atoms with van der Waals surface area (Å²) in [5.74, 6) is 0.0355. The van der Waals surface area contributed by atoms with Crippen LogP contribution in [0, 0.1) is 0 Å². The monoisotopic (exact) mass is 502 g/mol. The lowest BCUT2D eigenvalue weighted by Crippen LogP contribution is -2.04. The van der Waals surface area contributed by atoms with Crippen LogP contribution in [0.1, 0.15) is 0 Å². The Bertz CT molecular complexity index is 1480. The molecular weight excluding hydrogens is 484 g/mol. The summed E-state index contributed by atoms with van der Waals surface area (Å²) in [6.07, 6.45) is 0. The third-order valence-corrected chi connectivity index (χ3v) is 6.49. The van der Waals surface area contributed by atoms with E-state index in [1.54, 1.807) is 24.3 Å². The SMILES string of the molecule is Nc1ccc(Oc2cc3cc(Oc4ccc(N)cc4)c(S(=O)(=O)O)cc3cc2S(=O)(=O)O)cc1. The van der Waals surface area contributed by atoms with Gasteiger partial charge in [0.05, 0.1) is 0 Å². The van der Waals surface area contributed by atoms with E-state index in [0.29, 0.717) is 16.8 Å². The Morgan fingerprint density at radius 3 is 1.21 bits per heavy atom. The molecule has 0 fully saturated rings. The normalized spacial score (nSPS) is 11.9. The molecule has 34 heavy (non-hydrogen) atoms. The molecule has 0 bridgehead atoms. The summed E-state index contributed by atoms with van der Waals surface area (Å²) >= 11 is 0. The van der Waals surface area contributed by atoms with Crippen molar-refractivity contribution in [3.63, 3.8) is 0 Å². The van der Waals surface area contributed by atoms with Gasteiger partial charge in [-0.05, 0) is 83.6 Å². The van der Waals surface area contributed by atoms with Crippen molar-refractivity contribution in [2.24, 2.45) is 0 Å². The molecule has 6 N–H and O–H groups in total. The molecule has 0 saturated carbocycles. The Labute approximate surface area is 194 Å². The van der Waals surface area contributed by atoms with Crippen molar-refractivity contribution in [2.75, 3.05) is 11.5 Å². The first-order valence-electron chi connectivity index (χ1n) is 9.54. The molecule has 0 atom stereocenters. The van der Waals surface area contributed by atoms with Crippen LogP contribution in [0.2, 0.25) is 0 Å². The lowest BCUT2D eigenvalue weighted by atomic mass is 10.1. The largest absolute Gasteiger partial charge is 0.456 e. The number of benzene rings is 4. The van der Waals surface area contributed by atoms with Crippen molar-refractivity contribution < 1.29 is 35.4 Å². The fourth-order valence-corrected chi connectivity index (χ4v) is 4.42. The highest BCUT2D eigenvalue weighted by Gasteiger charge is 2.23. The molecule has 0 heterocycles. The van der Waals surface area contributed by atoms with Crippen LogP contribution in [0.5, 0.6) is 23.0 Å². The minimum atomic E-state index is -4.77. The molecule has 12 heteroatoms. The molecule has 4 rings (SSSR count). The predicted molar refractivity (Wildman–Crippen MR) is 125 cm³/mol.